The van der Waals surface area contributed by atoms with Crippen LogP contribution in [0.5, 0.6) is 0 Å². The molecule has 9 heteroatoms. The predicted molar refractivity (Wildman–Crippen MR) is 149 cm³/mol. The molecule has 1 saturated heterocycles. The molecule has 0 spiro atoms. The van der Waals surface area contributed by atoms with Crippen LogP contribution in [0.15, 0.2) is 72.8 Å². The first kappa shape index (κ1) is 27.8. The minimum absolute atomic E-state index is 0.0464. The second kappa shape index (κ2) is 13.0. The van der Waals surface area contributed by atoms with Gasteiger partial charge in [-0.1, -0.05) is 17.7 Å². The maximum Gasteiger partial charge on any atom is 0.254 e. The number of carbonyl (C=O) groups is 3. The highest BCUT2D eigenvalue weighted by atomic mass is 19.1. The van der Waals surface area contributed by atoms with Crippen molar-refractivity contribution in [2.24, 2.45) is 0 Å². The quantitative estimate of drug-likeness (QED) is 0.453. The number of nitrogens with zero attached hydrogens (tertiary/aromatic N) is 3. The second-order valence-electron chi connectivity index (χ2n) is 9.47. The Balaban J connectivity index is 1.30. The number of carbonyl (C=O) groups excluding carboxylic acids is 3. The van der Waals surface area contributed by atoms with Gasteiger partial charge in [-0.3, -0.25) is 14.4 Å². The lowest BCUT2D eigenvalue weighted by atomic mass is 10.1. The fraction of sp³-hybridized carbons (Fsp3) is 0.300. The summed E-state index contributed by atoms with van der Waals surface area (Å²) in [5.41, 5.74) is 3.74. The topological polar surface area (TPSA) is 82.2 Å². The number of anilines is 2. The molecule has 1 heterocycles. The number of halogens is 1. The van der Waals surface area contributed by atoms with Gasteiger partial charge in [0, 0.05) is 62.3 Å². The van der Waals surface area contributed by atoms with Crippen LogP contribution >= 0.6 is 0 Å². The molecule has 204 valence electrons. The highest BCUT2D eigenvalue weighted by Crippen LogP contribution is 2.20. The molecule has 4 rings (SSSR count). The van der Waals surface area contributed by atoms with Crippen molar-refractivity contribution in [3.8, 4) is 0 Å². The molecular weight excluding hydrogens is 499 g/mol. The largest absolute Gasteiger partial charge is 0.383 e. The van der Waals surface area contributed by atoms with Crippen molar-refractivity contribution >= 4 is 29.1 Å². The van der Waals surface area contributed by atoms with Gasteiger partial charge in [-0.05, 0) is 67.6 Å². The molecule has 0 saturated carbocycles. The summed E-state index contributed by atoms with van der Waals surface area (Å²) in [6.45, 7) is 4.99. The molecule has 3 amide bonds. The second-order valence-corrected chi connectivity index (χ2v) is 9.47. The van der Waals surface area contributed by atoms with Gasteiger partial charge in [0.15, 0.2) is 0 Å². The van der Waals surface area contributed by atoms with E-state index in [0.717, 1.165) is 11.3 Å². The number of hydrogen-bond donors (Lipinski definition) is 1. The van der Waals surface area contributed by atoms with Crippen LogP contribution in [-0.2, 0) is 9.53 Å². The van der Waals surface area contributed by atoms with E-state index in [-0.39, 0.29) is 37.4 Å². The SMILES string of the molecule is COCCN(CC(=O)Nc1ccc(N2CCN(C(=O)c3ccc(C)cc3)CC2)cc1)C(=O)c1ccc(F)cc1. The van der Waals surface area contributed by atoms with Crippen molar-refractivity contribution in [1.29, 1.82) is 0 Å². The number of benzene rings is 3. The van der Waals surface area contributed by atoms with E-state index >= 15 is 0 Å². The monoisotopic (exact) mass is 532 g/mol. The molecule has 1 aliphatic rings. The van der Waals surface area contributed by atoms with Gasteiger partial charge >= 0.3 is 0 Å². The van der Waals surface area contributed by atoms with Gasteiger partial charge in [0.1, 0.15) is 12.4 Å². The number of amides is 3. The van der Waals surface area contributed by atoms with Crippen LogP contribution in [0.25, 0.3) is 0 Å². The summed E-state index contributed by atoms with van der Waals surface area (Å²) >= 11 is 0. The molecule has 1 N–H and O–H groups in total. The maximum atomic E-state index is 13.3. The Morgan fingerprint density at radius 3 is 2.10 bits per heavy atom. The molecule has 3 aromatic carbocycles. The maximum absolute atomic E-state index is 13.3. The first-order valence-corrected chi connectivity index (χ1v) is 12.9. The fourth-order valence-corrected chi connectivity index (χ4v) is 4.40. The van der Waals surface area contributed by atoms with Crippen LogP contribution in [0.1, 0.15) is 26.3 Å². The van der Waals surface area contributed by atoms with Gasteiger partial charge in [0.05, 0.1) is 6.61 Å². The Kier molecular flexibility index (Phi) is 9.27. The number of ether oxygens (including phenoxy) is 1. The summed E-state index contributed by atoms with van der Waals surface area (Å²) in [6.07, 6.45) is 0. The number of piperazine rings is 1. The fourth-order valence-electron chi connectivity index (χ4n) is 4.40. The van der Waals surface area contributed by atoms with Gasteiger partial charge in [-0.2, -0.15) is 0 Å². The normalized spacial score (nSPS) is 13.2. The van der Waals surface area contributed by atoms with Gasteiger partial charge in [0.25, 0.3) is 11.8 Å². The molecule has 0 aromatic heterocycles. The van der Waals surface area contributed by atoms with Crippen molar-refractivity contribution in [2.45, 2.75) is 6.92 Å². The lowest BCUT2D eigenvalue weighted by molar-refractivity contribution is -0.117. The lowest BCUT2D eigenvalue weighted by Crippen LogP contribution is -2.48. The lowest BCUT2D eigenvalue weighted by Gasteiger charge is -2.36. The average Bonchev–Trinajstić information content (AvgIpc) is 2.96. The van der Waals surface area contributed by atoms with Crippen molar-refractivity contribution in [1.82, 2.24) is 9.80 Å². The summed E-state index contributed by atoms with van der Waals surface area (Å²) in [7, 11) is 1.52. The van der Waals surface area contributed by atoms with Gasteiger partial charge in [0.2, 0.25) is 5.91 Å². The summed E-state index contributed by atoms with van der Waals surface area (Å²) in [5, 5.41) is 2.83. The molecule has 0 radical (unpaired) electrons. The molecular formula is C30H33FN4O4. The minimum atomic E-state index is -0.436. The third-order valence-corrected chi connectivity index (χ3v) is 6.66. The summed E-state index contributed by atoms with van der Waals surface area (Å²) in [5.74, 6) is -1.12. The van der Waals surface area contributed by atoms with Gasteiger partial charge in [-0.15, -0.1) is 0 Å². The zero-order valence-electron chi connectivity index (χ0n) is 22.2. The summed E-state index contributed by atoms with van der Waals surface area (Å²) < 4.78 is 18.3. The predicted octanol–water partition coefficient (Wildman–Crippen LogP) is 3.82. The Bertz CT molecular complexity index is 1270. The van der Waals surface area contributed by atoms with Crippen molar-refractivity contribution in [3.05, 3.63) is 95.3 Å². The number of aryl methyl sites for hydroxylation is 1. The van der Waals surface area contributed by atoms with Crippen LogP contribution in [0.2, 0.25) is 0 Å². The van der Waals surface area contributed by atoms with E-state index in [0.29, 0.717) is 43.0 Å². The number of nitrogens with one attached hydrogen (secondary N) is 1. The average molecular weight is 533 g/mol. The Morgan fingerprint density at radius 1 is 0.872 bits per heavy atom. The van der Waals surface area contributed by atoms with Crippen LogP contribution < -0.4 is 10.2 Å². The van der Waals surface area contributed by atoms with E-state index in [1.807, 2.05) is 60.4 Å². The molecule has 0 unspecified atom stereocenters. The number of hydrogen-bond acceptors (Lipinski definition) is 5. The van der Waals surface area contributed by atoms with E-state index < -0.39 is 5.82 Å². The standard InChI is InChI=1S/C30H33FN4O4/c1-22-3-5-23(6-4-22)29(37)34-17-15-33(16-18-34)27-13-11-26(12-14-27)32-28(36)21-35(19-20-39-2)30(38)24-7-9-25(31)10-8-24/h3-14H,15-21H2,1-2H3,(H,32,36). The Morgan fingerprint density at radius 2 is 1.49 bits per heavy atom. The van der Waals surface area contributed by atoms with E-state index in [2.05, 4.69) is 10.2 Å². The van der Waals surface area contributed by atoms with E-state index in [4.69, 9.17) is 4.74 Å². The molecule has 1 aliphatic heterocycles. The van der Waals surface area contributed by atoms with Crippen LogP contribution in [-0.4, -0.2) is 80.5 Å². The molecule has 0 atom stereocenters. The molecule has 3 aromatic rings. The van der Waals surface area contributed by atoms with Crippen molar-refractivity contribution < 1.29 is 23.5 Å². The Hall–Kier alpha value is -4.24. The Labute approximate surface area is 228 Å². The van der Waals surface area contributed by atoms with Crippen LogP contribution in [0.3, 0.4) is 0 Å². The van der Waals surface area contributed by atoms with E-state index in [1.54, 1.807) is 0 Å². The van der Waals surface area contributed by atoms with Crippen molar-refractivity contribution in [2.75, 3.05) is 63.2 Å². The molecule has 1 fully saturated rings. The van der Waals surface area contributed by atoms with E-state index in [9.17, 15) is 18.8 Å². The molecule has 0 bridgehead atoms. The summed E-state index contributed by atoms with van der Waals surface area (Å²) in [4.78, 5) is 43.9. The first-order chi connectivity index (χ1) is 18.8. The molecule has 0 aliphatic carbocycles. The van der Waals surface area contributed by atoms with Crippen molar-refractivity contribution in [3.63, 3.8) is 0 Å². The van der Waals surface area contributed by atoms with E-state index in [1.165, 1.54) is 36.3 Å². The molecule has 39 heavy (non-hydrogen) atoms. The van der Waals surface area contributed by atoms with Gasteiger partial charge < -0.3 is 24.8 Å². The number of rotatable bonds is 9. The first-order valence-electron chi connectivity index (χ1n) is 12.9. The smallest absolute Gasteiger partial charge is 0.254 e. The van der Waals surface area contributed by atoms with Gasteiger partial charge in [-0.25, -0.2) is 4.39 Å². The third kappa shape index (κ3) is 7.42. The number of methoxy groups -OCH3 is 1. The highest BCUT2D eigenvalue weighted by molar-refractivity contribution is 5.99. The zero-order valence-corrected chi connectivity index (χ0v) is 22.2. The third-order valence-electron chi connectivity index (χ3n) is 6.66. The zero-order chi connectivity index (χ0) is 27.8. The summed E-state index contributed by atoms with van der Waals surface area (Å²) in [6, 6.07) is 20.3. The molecule has 8 nitrogen and oxygen atoms in total. The van der Waals surface area contributed by atoms with Crippen LogP contribution in [0, 0.1) is 12.7 Å². The minimum Gasteiger partial charge on any atom is -0.383 e. The van der Waals surface area contributed by atoms with Crippen LogP contribution in [0.4, 0.5) is 15.8 Å². The highest BCUT2D eigenvalue weighted by Gasteiger charge is 2.23.